The molecule has 0 radical (unpaired) electrons. The number of aromatic nitrogens is 2. The van der Waals surface area contributed by atoms with Crippen LogP contribution in [0.4, 0.5) is 5.82 Å². The highest BCUT2D eigenvalue weighted by Gasteiger charge is 2.27. The van der Waals surface area contributed by atoms with Crippen molar-refractivity contribution in [1.29, 1.82) is 0 Å². The van der Waals surface area contributed by atoms with E-state index in [1.807, 2.05) is 43.3 Å². The van der Waals surface area contributed by atoms with Crippen LogP contribution in [-0.2, 0) is 0 Å². The molecular formula is C18H16BrN5O. The number of nitrogens with one attached hydrogen (secondary N) is 3. The molecule has 4 rings (SSSR count). The van der Waals surface area contributed by atoms with E-state index in [2.05, 4.69) is 41.7 Å². The van der Waals surface area contributed by atoms with Crippen molar-refractivity contribution in [2.45, 2.75) is 19.4 Å². The number of anilines is 1. The van der Waals surface area contributed by atoms with Crippen LogP contribution in [0.1, 0.15) is 29.4 Å². The van der Waals surface area contributed by atoms with E-state index in [4.69, 9.17) is 0 Å². The number of hydrogen-bond acceptors (Lipinski definition) is 4. The van der Waals surface area contributed by atoms with Crippen LogP contribution in [0.15, 0.2) is 52.2 Å². The molecule has 1 unspecified atom stereocenters. The van der Waals surface area contributed by atoms with E-state index in [1.54, 1.807) is 6.20 Å². The van der Waals surface area contributed by atoms with Crippen molar-refractivity contribution >= 4 is 44.3 Å². The van der Waals surface area contributed by atoms with Crippen molar-refractivity contribution < 1.29 is 4.79 Å². The van der Waals surface area contributed by atoms with E-state index in [0.717, 1.165) is 26.7 Å². The van der Waals surface area contributed by atoms with Gasteiger partial charge < -0.3 is 10.3 Å². The van der Waals surface area contributed by atoms with Gasteiger partial charge in [0.05, 0.1) is 5.71 Å². The molecule has 0 saturated carbocycles. The van der Waals surface area contributed by atoms with Crippen molar-refractivity contribution in [3.63, 3.8) is 0 Å². The maximum Gasteiger partial charge on any atom is 0.268 e. The number of rotatable bonds is 2. The van der Waals surface area contributed by atoms with Crippen LogP contribution in [0.5, 0.6) is 0 Å². The summed E-state index contributed by atoms with van der Waals surface area (Å²) in [4.78, 5) is 20.0. The summed E-state index contributed by atoms with van der Waals surface area (Å²) < 4.78 is 0.955. The average molecular weight is 398 g/mol. The monoisotopic (exact) mass is 397 g/mol. The second kappa shape index (κ2) is 6.33. The number of nitrogens with zero attached hydrogens (tertiary/aromatic N) is 2. The molecule has 3 heterocycles. The fourth-order valence-electron chi connectivity index (χ4n) is 3.03. The number of halogens is 1. The summed E-state index contributed by atoms with van der Waals surface area (Å²) in [6.07, 6.45) is 2.33. The second-order valence-electron chi connectivity index (χ2n) is 6.03. The number of H-pyrrole nitrogens is 1. The molecule has 7 heteroatoms. The maximum atomic E-state index is 12.5. The molecule has 3 aromatic rings. The first-order valence-corrected chi connectivity index (χ1v) is 8.77. The number of hydrogen-bond donors (Lipinski definition) is 3. The van der Waals surface area contributed by atoms with Crippen molar-refractivity contribution in [3.8, 4) is 0 Å². The fraction of sp³-hybridized carbons (Fsp3) is 0.167. The van der Waals surface area contributed by atoms with Gasteiger partial charge in [0.15, 0.2) is 0 Å². The zero-order valence-electron chi connectivity index (χ0n) is 13.5. The van der Waals surface area contributed by atoms with Gasteiger partial charge in [-0.15, -0.1) is 0 Å². The molecule has 0 bridgehead atoms. The number of aromatic amines is 1. The highest BCUT2D eigenvalue weighted by atomic mass is 79.9. The Labute approximate surface area is 152 Å². The largest absolute Gasteiger partial charge is 0.350 e. The van der Waals surface area contributed by atoms with Crippen LogP contribution in [-0.4, -0.2) is 27.6 Å². The first-order valence-electron chi connectivity index (χ1n) is 7.98. The van der Waals surface area contributed by atoms with Gasteiger partial charge in [0.1, 0.15) is 11.5 Å². The SMILES string of the molecule is CC1C/C(=N/Nc2ccccn2)c2c([nH]c3ccc(Br)cc23)C(=O)N1. The maximum absolute atomic E-state index is 12.5. The summed E-state index contributed by atoms with van der Waals surface area (Å²) in [6, 6.07) is 11.5. The Balaban J connectivity index is 1.86. The molecule has 1 aromatic carbocycles. The van der Waals surface area contributed by atoms with E-state index in [1.165, 1.54) is 0 Å². The molecular weight excluding hydrogens is 382 g/mol. The lowest BCUT2D eigenvalue weighted by molar-refractivity contribution is 0.0939. The molecule has 1 atom stereocenters. The molecule has 126 valence electrons. The van der Waals surface area contributed by atoms with E-state index in [9.17, 15) is 4.79 Å². The summed E-state index contributed by atoms with van der Waals surface area (Å²) in [5.74, 6) is 0.548. The van der Waals surface area contributed by atoms with Gasteiger partial charge in [-0.05, 0) is 37.3 Å². The van der Waals surface area contributed by atoms with Crippen LogP contribution < -0.4 is 10.7 Å². The van der Waals surface area contributed by atoms with Crippen molar-refractivity contribution in [3.05, 3.63) is 58.3 Å². The Morgan fingerprint density at radius 1 is 1.32 bits per heavy atom. The quantitative estimate of drug-likeness (QED) is 0.577. The van der Waals surface area contributed by atoms with Gasteiger partial charge in [-0.3, -0.25) is 10.2 Å². The second-order valence-corrected chi connectivity index (χ2v) is 6.94. The lowest BCUT2D eigenvalue weighted by Crippen LogP contribution is -2.31. The summed E-state index contributed by atoms with van der Waals surface area (Å²) >= 11 is 3.51. The van der Waals surface area contributed by atoms with Gasteiger partial charge in [-0.1, -0.05) is 22.0 Å². The smallest absolute Gasteiger partial charge is 0.268 e. The van der Waals surface area contributed by atoms with E-state index >= 15 is 0 Å². The molecule has 6 nitrogen and oxygen atoms in total. The van der Waals surface area contributed by atoms with Gasteiger partial charge in [-0.2, -0.15) is 5.10 Å². The van der Waals surface area contributed by atoms with E-state index in [0.29, 0.717) is 17.9 Å². The Hall–Kier alpha value is -2.67. The van der Waals surface area contributed by atoms with E-state index < -0.39 is 0 Å². The minimum Gasteiger partial charge on any atom is -0.350 e. The predicted octanol–water partition coefficient (Wildman–Crippen LogP) is 3.66. The number of hydrazone groups is 1. The summed E-state index contributed by atoms with van der Waals surface area (Å²) in [5, 5.41) is 8.53. The molecule has 0 aliphatic carbocycles. The molecule has 2 aromatic heterocycles. The van der Waals surface area contributed by atoms with Gasteiger partial charge in [0.25, 0.3) is 5.91 Å². The number of carbonyl (C=O) groups is 1. The zero-order chi connectivity index (χ0) is 17.4. The fourth-order valence-corrected chi connectivity index (χ4v) is 3.39. The number of carbonyl (C=O) groups excluding carboxylic acids is 1. The third-order valence-corrected chi connectivity index (χ3v) is 4.62. The molecule has 1 amide bonds. The summed E-state index contributed by atoms with van der Waals surface area (Å²) in [6.45, 7) is 1.97. The number of fused-ring (bicyclic) bond motifs is 3. The van der Waals surface area contributed by atoms with Gasteiger partial charge in [-0.25, -0.2) is 4.98 Å². The minimum atomic E-state index is -0.113. The molecule has 1 aliphatic rings. The minimum absolute atomic E-state index is 0.0141. The molecule has 0 fully saturated rings. The number of pyridine rings is 1. The van der Waals surface area contributed by atoms with Crippen LogP contribution in [0.2, 0.25) is 0 Å². The van der Waals surface area contributed by atoms with E-state index in [-0.39, 0.29) is 11.9 Å². The van der Waals surface area contributed by atoms with Crippen LogP contribution >= 0.6 is 15.9 Å². The van der Waals surface area contributed by atoms with Gasteiger partial charge >= 0.3 is 0 Å². The van der Waals surface area contributed by atoms with Gasteiger partial charge in [0.2, 0.25) is 0 Å². The van der Waals surface area contributed by atoms with Crippen molar-refractivity contribution in [2.75, 3.05) is 5.43 Å². The van der Waals surface area contributed by atoms with Crippen molar-refractivity contribution in [2.24, 2.45) is 5.10 Å². The third-order valence-electron chi connectivity index (χ3n) is 4.12. The molecule has 0 spiro atoms. The summed E-state index contributed by atoms with van der Waals surface area (Å²) in [5.41, 5.74) is 6.10. The number of amides is 1. The normalized spacial score (nSPS) is 18.7. The first-order chi connectivity index (χ1) is 12.1. The molecule has 1 aliphatic heterocycles. The Bertz CT molecular complexity index is 980. The average Bonchev–Trinajstić information content (AvgIpc) is 2.92. The standard InChI is InChI=1S/C18H16BrN5O/c1-10-8-14(23-24-15-4-2-3-7-20-15)16-12-9-11(19)5-6-13(12)22-17(16)18(25)21-10/h2-7,9-10,22H,8H2,1H3,(H,20,24)(H,21,25)/b23-14-. The Morgan fingerprint density at radius 3 is 3.00 bits per heavy atom. The van der Waals surface area contributed by atoms with Crippen LogP contribution in [0, 0.1) is 0 Å². The zero-order valence-corrected chi connectivity index (χ0v) is 15.1. The predicted molar refractivity (Wildman–Crippen MR) is 102 cm³/mol. The van der Waals surface area contributed by atoms with Crippen LogP contribution in [0.25, 0.3) is 10.9 Å². The summed E-state index contributed by atoms with van der Waals surface area (Å²) in [7, 11) is 0. The topological polar surface area (TPSA) is 82.2 Å². The third kappa shape index (κ3) is 3.02. The molecule has 0 saturated heterocycles. The highest BCUT2D eigenvalue weighted by molar-refractivity contribution is 9.10. The van der Waals surface area contributed by atoms with Gasteiger partial charge in [0, 0.05) is 39.6 Å². The number of benzene rings is 1. The highest BCUT2D eigenvalue weighted by Crippen LogP contribution is 2.29. The Morgan fingerprint density at radius 2 is 2.20 bits per heavy atom. The first kappa shape index (κ1) is 15.8. The molecule has 25 heavy (non-hydrogen) atoms. The lowest BCUT2D eigenvalue weighted by atomic mass is 10.0. The molecule has 3 N–H and O–H groups in total. The van der Waals surface area contributed by atoms with Crippen molar-refractivity contribution in [1.82, 2.24) is 15.3 Å². The van der Waals surface area contributed by atoms with Crippen LogP contribution in [0.3, 0.4) is 0 Å². The lowest BCUT2D eigenvalue weighted by Gasteiger charge is -2.10. The Kier molecular flexibility index (Phi) is 4.01.